The number of carbonyl (C=O) groups is 2. The van der Waals surface area contributed by atoms with Gasteiger partial charge in [0.05, 0.1) is 33.8 Å². The third-order valence-corrected chi connectivity index (χ3v) is 26.6. The normalized spacial score (nSPS) is 15.9. The summed E-state index contributed by atoms with van der Waals surface area (Å²) in [6.45, 7) is 8.33. The van der Waals surface area contributed by atoms with Crippen LogP contribution in [0.2, 0.25) is 0 Å². The van der Waals surface area contributed by atoms with E-state index in [2.05, 4.69) is 171 Å². The summed E-state index contributed by atoms with van der Waals surface area (Å²) in [6, 6.07) is 55.3. The van der Waals surface area contributed by atoms with Gasteiger partial charge >= 0.3 is 6.03 Å². The predicted octanol–water partition coefficient (Wildman–Crippen LogP) is 19.3. The van der Waals surface area contributed by atoms with Gasteiger partial charge in [0.15, 0.2) is 5.76 Å². The Hall–Kier alpha value is -15.9. The molecule has 0 bridgehead atoms. The highest BCUT2D eigenvalue weighted by Crippen LogP contribution is 2.45. The molecule has 129 heavy (non-hydrogen) atoms. The molecule has 3 amide bonds. The first-order valence-electron chi connectivity index (χ1n) is 44.2. The number of benzene rings is 6. The van der Waals surface area contributed by atoms with E-state index in [1.54, 1.807) is 31.7 Å². The van der Waals surface area contributed by atoms with Crippen LogP contribution in [-0.4, -0.2) is 145 Å². The van der Waals surface area contributed by atoms with Gasteiger partial charge in [0, 0.05) is 172 Å². The Kier molecular flexibility index (Phi) is 20.0. The minimum absolute atomic E-state index is 0.0803. The molecule has 30 heteroatoms. The number of aromatic amines is 6. The van der Waals surface area contributed by atoms with Crippen LogP contribution in [0.1, 0.15) is 157 Å². The highest BCUT2D eigenvalue weighted by Gasteiger charge is 2.35. The van der Waals surface area contributed by atoms with Crippen LogP contribution < -0.4 is 28.3 Å². The van der Waals surface area contributed by atoms with Crippen LogP contribution in [0, 0.1) is 20.8 Å². The summed E-state index contributed by atoms with van der Waals surface area (Å²) >= 11 is 0. The average molecular weight is 1710 g/mol. The highest BCUT2D eigenvalue weighted by atomic mass is 16.5. The topological polar surface area (TPSA) is 411 Å². The number of para-hydroxylation sites is 6. The minimum atomic E-state index is -0.141. The number of anilines is 5. The number of nitrogens with one attached hydrogen (secondary N) is 7. The number of nitrogens with zero attached hydrogens (tertiary/aromatic N) is 16. The first kappa shape index (κ1) is 79.1. The molecule has 6 aromatic carbocycles. The number of nitrogens with two attached hydrogens (primary N) is 4. The number of piperidine rings is 2. The second-order valence-electron chi connectivity index (χ2n) is 34.5. The van der Waals surface area contributed by atoms with Gasteiger partial charge in [-0.15, -0.1) is 0 Å². The largest absolute Gasteiger partial charge is 0.382 e. The predicted molar refractivity (Wildman–Crippen MR) is 505 cm³/mol. The van der Waals surface area contributed by atoms with E-state index in [1.165, 1.54) is 30.2 Å². The van der Waals surface area contributed by atoms with Gasteiger partial charge in [-0.3, -0.25) is 22.4 Å². The number of H-pyrrole nitrogens is 6. The number of aromatic nitrogens is 20. The lowest BCUT2D eigenvalue weighted by molar-refractivity contribution is 0.0711. The van der Waals surface area contributed by atoms with Gasteiger partial charge in [-0.05, 0) is 169 Å². The van der Waals surface area contributed by atoms with Crippen LogP contribution in [-0.2, 0) is 0 Å². The molecule has 30 nitrogen and oxygen atoms in total. The van der Waals surface area contributed by atoms with E-state index in [0.29, 0.717) is 84.3 Å². The van der Waals surface area contributed by atoms with Crippen LogP contribution in [0.25, 0.3) is 133 Å². The molecule has 21 aromatic rings. The van der Waals surface area contributed by atoms with Gasteiger partial charge in [0.1, 0.15) is 109 Å². The van der Waals surface area contributed by atoms with Crippen LogP contribution in [0.5, 0.6) is 0 Å². The molecule has 2 saturated carbocycles. The van der Waals surface area contributed by atoms with Gasteiger partial charge in [0.2, 0.25) is 0 Å². The summed E-state index contributed by atoms with van der Waals surface area (Å²) < 4.78 is 13.6. The Labute approximate surface area is 738 Å². The maximum absolute atomic E-state index is 13.2. The number of aryl methyl sites for hydroxylation is 3. The van der Waals surface area contributed by atoms with Crippen LogP contribution in [0.4, 0.5) is 33.8 Å². The van der Waals surface area contributed by atoms with Crippen molar-refractivity contribution >= 4 is 129 Å². The van der Waals surface area contributed by atoms with Gasteiger partial charge in [-0.2, -0.15) is 0 Å². The molecular weight excluding hydrogens is 1620 g/mol. The third kappa shape index (κ3) is 14.5. The van der Waals surface area contributed by atoms with Crippen molar-refractivity contribution in [3.63, 3.8) is 0 Å². The fraction of sp³-hybridized carbons (Fsp3) is 0.232. The van der Waals surface area contributed by atoms with E-state index < -0.39 is 0 Å². The van der Waals surface area contributed by atoms with E-state index >= 15 is 0 Å². The number of likely N-dealkylation sites (tertiary alicyclic amines) is 2. The van der Waals surface area contributed by atoms with Crippen LogP contribution in [0.15, 0.2) is 224 Å². The fourth-order valence-electron chi connectivity index (χ4n) is 19.6. The molecule has 2 saturated heterocycles. The molecule has 644 valence electrons. The quantitative estimate of drug-likeness (QED) is 0.0573. The van der Waals surface area contributed by atoms with Gasteiger partial charge in [-0.1, -0.05) is 96.5 Å². The van der Waals surface area contributed by atoms with Crippen molar-refractivity contribution < 1.29 is 14.1 Å². The van der Waals surface area contributed by atoms with Crippen molar-refractivity contribution in [3.05, 3.63) is 271 Å². The lowest BCUT2D eigenvalue weighted by atomic mass is 9.81. The number of rotatable bonds is 11. The Morgan fingerprint density at radius 3 is 1.27 bits per heavy atom. The smallest absolute Gasteiger partial charge is 0.321 e. The summed E-state index contributed by atoms with van der Waals surface area (Å²) in [5.74, 6) is 9.56. The molecule has 2 aliphatic heterocycles. The highest BCUT2D eigenvalue weighted by molar-refractivity contribution is 6.00. The number of urea groups is 1. The van der Waals surface area contributed by atoms with E-state index in [0.717, 1.165) is 214 Å². The molecule has 25 rings (SSSR count). The van der Waals surface area contributed by atoms with Crippen molar-refractivity contribution in [3.8, 4) is 45.6 Å². The van der Waals surface area contributed by atoms with Crippen molar-refractivity contribution in [1.82, 2.24) is 107 Å². The number of fused-ring (bicyclic) bond motifs is 10. The fourth-order valence-corrected chi connectivity index (χ4v) is 19.6. The maximum atomic E-state index is 13.2. The summed E-state index contributed by atoms with van der Waals surface area (Å²) in [5.41, 5.74) is 46.6. The Morgan fingerprint density at radius 2 is 0.822 bits per heavy atom. The summed E-state index contributed by atoms with van der Waals surface area (Å²) in [4.78, 5) is 93.0. The zero-order valence-electron chi connectivity index (χ0n) is 71.5. The average Bonchev–Trinajstić information content (AvgIpc) is 1.60. The molecule has 4 fully saturated rings. The molecule has 2 aliphatic carbocycles. The molecule has 0 atom stereocenters. The number of imidazole rings is 5. The molecule has 0 unspecified atom stereocenters. The molecule has 15 N–H and O–H groups in total. The number of carbonyl (C=O) groups excluding carboxylic acids is 2. The second kappa shape index (κ2) is 32.6. The van der Waals surface area contributed by atoms with Crippen LogP contribution >= 0.6 is 0 Å². The Morgan fingerprint density at radius 1 is 0.403 bits per heavy atom. The van der Waals surface area contributed by atoms with E-state index in [4.69, 9.17) is 52.4 Å². The van der Waals surface area contributed by atoms with E-state index in [9.17, 15) is 9.59 Å². The van der Waals surface area contributed by atoms with Crippen molar-refractivity contribution in [2.45, 2.75) is 121 Å². The minimum Gasteiger partial charge on any atom is -0.382 e. The first-order valence-corrected chi connectivity index (χ1v) is 44.2. The van der Waals surface area contributed by atoms with Crippen molar-refractivity contribution in [2.75, 3.05) is 54.4 Å². The number of nitrogen functional groups attached to an aromatic ring is 4. The molecule has 15 aromatic heterocycles. The molecule has 4 aliphatic rings. The maximum Gasteiger partial charge on any atom is 0.321 e. The summed E-state index contributed by atoms with van der Waals surface area (Å²) in [7, 11) is 0. The Balaban J connectivity index is 0.000000102. The number of hydrogen-bond acceptors (Lipinski definition) is 17. The van der Waals surface area contributed by atoms with Crippen LogP contribution in [0.3, 0.4) is 0 Å². The van der Waals surface area contributed by atoms with Gasteiger partial charge in [-0.25, -0.2) is 49.7 Å². The third-order valence-electron chi connectivity index (χ3n) is 26.6. The van der Waals surface area contributed by atoms with Gasteiger partial charge < -0.3 is 72.5 Å². The standard InChI is InChI=1S/C28H25N7O.C27H25N7.C25H26N8O2.C19H19N5/c29-26-25-24(23-16-18-3-1-2-4-22(18)32-23)33-27(35(25)14-11-31-26)17-8-12-34(13-9-17)28(36)20-5-6-21-19(15-20)7-10-30-21;28-25-24-23(22-15-18-5-1-2-6-19(18)30-22)33-27(34(24)14-13-29-25)17-11-9-16(10-12-17)26-31-20-7-3-4-8-21(20)32-26;1-14-20(15(2)35-31-14)30-25(34)32-10-7-16(8-11-32)24-29-21(22-23(26)27-9-12-33(22)24)19-13-17-5-3-4-6-18(17)28-19;1-11-4-2-7-13-10-14(22-15(11)13)16-17-18(20)21-8-9-24(17)19(23-16)12-5-3-6-12/h1-7,10-11,14-17,30,32H,8-9,12-13H2,(H2,29,31);1-8,13-17,30H,9-12H2,(H2,28,29)(H,31,32);3-6,9,12-13,16,28H,7-8,10-11H2,1-2H3,(H2,26,27)(H,30,34);2,4,7-10,12,22H,3,5-6H2,1H3,(H2,20,21). The monoisotopic (exact) mass is 1710 g/mol. The first-order chi connectivity index (χ1) is 63.1. The summed E-state index contributed by atoms with van der Waals surface area (Å²) in [6.07, 6.45) is 27.9. The number of amides is 3. The molecule has 17 heterocycles. The number of hydrogen-bond donors (Lipinski definition) is 11. The zero-order valence-corrected chi connectivity index (χ0v) is 71.5. The van der Waals surface area contributed by atoms with E-state index in [1.807, 2.05) is 125 Å². The Bertz CT molecular complexity index is 7690. The second-order valence-corrected chi connectivity index (χ2v) is 34.5. The van der Waals surface area contributed by atoms with Crippen molar-refractivity contribution in [1.29, 1.82) is 0 Å². The SMILES string of the molecule is Cc1cccc2cc(-c3nc(C4CCC4)n4ccnc(N)c34)[nH]c12.Cc1noc(C)c1NC(=O)N1CCC(c2nc(-c3cc4ccccc4[nH]3)c3c(N)nccn23)CC1.Nc1nccn2c(C3CCC(c4nc5ccccc5[nH]4)CC3)nc(-c3cc4ccccc4[nH]3)c12.Nc1nccn2c(C3CCN(C(=O)c4ccc5[nH]ccc5c4)CC3)nc(-c3cc4ccccc4[nH]3)c12. The lowest BCUT2D eigenvalue weighted by Crippen LogP contribution is -2.41. The summed E-state index contributed by atoms with van der Waals surface area (Å²) in [5, 5.41) is 12.5. The molecule has 0 spiro atoms. The zero-order chi connectivity index (χ0) is 87.2. The lowest BCUT2D eigenvalue weighted by Gasteiger charge is -2.31. The molecular formula is C99H95N27O3. The van der Waals surface area contributed by atoms with Crippen molar-refractivity contribution in [2.24, 2.45) is 0 Å². The molecule has 0 radical (unpaired) electrons. The van der Waals surface area contributed by atoms with Gasteiger partial charge in [0.25, 0.3) is 5.91 Å². The van der Waals surface area contributed by atoms with E-state index in [-0.39, 0.29) is 23.8 Å².